The summed E-state index contributed by atoms with van der Waals surface area (Å²) in [5.74, 6) is -1.14. The number of hydrogen-bond donors (Lipinski definition) is 1. The SMILES string of the molecule is Cc1ccc(-n2cccc2C=C2C(=O)NC(=O)N(C3CCCCC3)C2=O)cc1C. The highest BCUT2D eigenvalue weighted by atomic mass is 16.2. The summed E-state index contributed by atoms with van der Waals surface area (Å²) >= 11 is 0. The van der Waals surface area contributed by atoms with Crippen molar-refractivity contribution in [1.82, 2.24) is 14.8 Å². The van der Waals surface area contributed by atoms with Crippen molar-refractivity contribution in [2.45, 2.75) is 52.0 Å². The van der Waals surface area contributed by atoms with Crippen LogP contribution in [0.4, 0.5) is 4.79 Å². The second-order valence-electron chi connectivity index (χ2n) is 7.86. The van der Waals surface area contributed by atoms with Crippen LogP contribution in [0.3, 0.4) is 0 Å². The highest BCUT2D eigenvalue weighted by molar-refractivity contribution is 6.31. The number of rotatable bonds is 3. The van der Waals surface area contributed by atoms with Gasteiger partial charge < -0.3 is 4.57 Å². The molecule has 29 heavy (non-hydrogen) atoms. The molecule has 6 heteroatoms. The van der Waals surface area contributed by atoms with E-state index >= 15 is 0 Å². The molecule has 1 saturated heterocycles. The molecule has 2 aliphatic rings. The molecule has 2 fully saturated rings. The largest absolute Gasteiger partial charge is 0.331 e. The van der Waals surface area contributed by atoms with E-state index in [0.29, 0.717) is 5.69 Å². The van der Waals surface area contributed by atoms with Gasteiger partial charge in [0.25, 0.3) is 11.8 Å². The third kappa shape index (κ3) is 3.62. The first-order chi connectivity index (χ1) is 14.0. The standard InChI is InChI=1S/C23H25N3O3/c1-15-10-11-19(13-16(15)2)25-12-6-9-18(25)14-20-21(27)24-23(29)26(22(20)28)17-7-4-3-5-8-17/h6,9-14,17H,3-5,7-8H2,1-2H3,(H,24,27,29). The summed E-state index contributed by atoms with van der Waals surface area (Å²) in [6.07, 6.45) is 8.15. The summed E-state index contributed by atoms with van der Waals surface area (Å²) in [6, 6.07) is 9.10. The lowest BCUT2D eigenvalue weighted by Gasteiger charge is -2.35. The summed E-state index contributed by atoms with van der Waals surface area (Å²) in [5, 5.41) is 2.35. The molecule has 0 atom stereocenters. The zero-order valence-corrected chi connectivity index (χ0v) is 16.8. The summed E-state index contributed by atoms with van der Waals surface area (Å²) < 4.78 is 1.93. The minimum Gasteiger partial charge on any atom is -0.317 e. The van der Waals surface area contributed by atoms with Crippen LogP contribution in [0.2, 0.25) is 0 Å². The molecule has 4 amide bonds. The smallest absolute Gasteiger partial charge is 0.317 e. The van der Waals surface area contributed by atoms with Gasteiger partial charge in [-0.2, -0.15) is 0 Å². The van der Waals surface area contributed by atoms with Crippen LogP contribution in [0, 0.1) is 13.8 Å². The zero-order valence-electron chi connectivity index (χ0n) is 16.8. The van der Waals surface area contributed by atoms with Crippen LogP contribution in [-0.2, 0) is 9.59 Å². The Kier molecular flexibility index (Phi) is 5.09. The number of hydrogen-bond acceptors (Lipinski definition) is 3. The first kappa shape index (κ1) is 19.2. The minimum atomic E-state index is -0.639. The average Bonchev–Trinajstić information content (AvgIpc) is 3.16. The quantitative estimate of drug-likeness (QED) is 0.637. The van der Waals surface area contributed by atoms with Gasteiger partial charge in [-0.15, -0.1) is 0 Å². The monoisotopic (exact) mass is 391 g/mol. The van der Waals surface area contributed by atoms with Crippen LogP contribution in [-0.4, -0.2) is 33.4 Å². The summed E-state index contributed by atoms with van der Waals surface area (Å²) in [7, 11) is 0. The van der Waals surface area contributed by atoms with Crippen LogP contribution in [0.15, 0.2) is 42.1 Å². The number of nitrogens with one attached hydrogen (secondary N) is 1. The van der Waals surface area contributed by atoms with E-state index in [1.807, 2.05) is 42.0 Å². The van der Waals surface area contributed by atoms with Crippen molar-refractivity contribution in [3.63, 3.8) is 0 Å². The van der Waals surface area contributed by atoms with Crippen molar-refractivity contribution < 1.29 is 14.4 Å². The van der Waals surface area contributed by atoms with Crippen molar-refractivity contribution in [3.8, 4) is 5.69 Å². The Bertz CT molecular complexity index is 1010. The third-order valence-electron chi connectivity index (χ3n) is 5.91. The Morgan fingerprint density at radius 3 is 2.48 bits per heavy atom. The van der Waals surface area contributed by atoms with E-state index in [0.717, 1.165) is 43.4 Å². The Morgan fingerprint density at radius 2 is 1.76 bits per heavy atom. The van der Waals surface area contributed by atoms with Gasteiger partial charge in [-0.1, -0.05) is 25.3 Å². The van der Waals surface area contributed by atoms with E-state index in [1.165, 1.54) is 10.5 Å². The molecule has 1 aromatic carbocycles. The fraction of sp³-hybridized carbons (Fsp3) is 0.348. The summed E-state index contributed by atoms with van der Waals surface area (Å²) in [6.45, 7) is 4.10. The van der Waals surface area contributed by atoms with Crippen LogP contribution in [0.25, 0.3) is 11.8 Å². The maximum Gasteiger partial charge on any atom is 0.331 e. The lowest BCUT2D eigenvalue weighted by Crippen LogP contribution is -2.58. The van der Waals surface area contributed by atoms with Gasteiger partial charge in [0.1, 0.15) is 5.57 Å². The molecular formula is C23H25N3O3. The first-order valence-corrected chi connectivity index (χ1v) is 10.1. The van der Waals surface area contributed by atoms with Crippen molar-refractivity contribution in [2.75, 3.05) is 0 Å². The van der Waals surface area contributed by atoms with E-state index in [4.69, 9.17) is 0 Å². The van der Waals surface area contributed by atoms with Gasteiger partial charge in [-0.25, -0.2) is 4.79 Å². The molecular weight excluding hydrogens is 366 g/mol. The van der Waals surface area contributed by atoms with Crippen LogP contribution in [0.5, 0.6) is 0 Å². The Hall–Kier alpha value is -3.15. The van der Waals surface area contributed by atoms with Gasteiger partial charge in [0, 0.05) is 23.6 Å². The molecule has 1 aromatic heterocycles. The molecule has 6 nitrogen and oxygen atoms in total. The second kappa shape index (κ2) is 7.70. The van der Waals surface area contributed by atoms with Crippen molar-refractivity contribution in [3.05, 3.63) is 58.9 Å². The second-order valence-corrected chi connectivity index (χ2v) is 7.86. The van der Waals surface area contributed by atoms with E-state index in [2.05, 4.69) is 18.3 Å². The molecule has 2 aromatic rings. The molecule has 0 spiro atoms. The van der Waals surface area contributed by atoms with Crippen molar-refractivity contribution >= 4 is 23.9 Å². The van der Waals surface area contributed by atoms with Gasteiger partial charge in [0.05, 0.1) is 0 Å². The number of nitrogens with zero attached hydrogens (tertiary/aromatic N) is 2. The van der Waals surface area contributed by atoms with E-state index in [1.54, 1.807) is 6.08 Å². The van der Waals surface area contributed by atoms with E-state index < -0.39 is 17.8 Å². The predicted octanol–water partition coefficient (Wildman–Crippen LogP) is 3.89. The molecule has 0 radical (unpaired) electrons. The maximum atomic E-state index is 13.1. The lowest BCUT2D eigenvalue weighted by molar-refractivity contribution is -0.132. The molecule has 4 rings (SSSR count). The molecule has 0 unspecified atom stereocenters. The molecule has 0 bridgehead atoms. The summed E-state index contributed by atoms with van der Waals surface area (Å²) in [4.78, 5) is 39.2. The number of carbonyl (C=O) groups is 3. The fourth-order valence-electron chi connectivity index (χ4n) is 4.11. The summed E-state index contributed by atoms with van der Waals surface area (Å²) in [5.41, 5.74) is 4.03. The van der Waals surface area contributed by atoms with Gasteiger partial charge in [-0.3, -0.25) is 19.8 Å². The molecule has 1 N–H and O–H groups in total. The predicted molar refractivity (Wildman–Crippen MR) is 110 cm³/mol. The Labute approximate surface area is 170 Å². The maximum absolute atomic E-state index is 13.1. The van der Waals surface area contributed by atoms with Crippen LogP contribution < -0.4 is 5.32 Å². The van der Waals surface area contributed by atoms with Gasteiger partial charge in [0.15, 0.2) is 0 Å². The van der Waals surface area contributed by atoms with Gasteiger partial charge in [0.2, 0.25) is 0 Å². The van der Waals surface area contributed by atoms with Gasteiger partial charge in [-0.05, 0) is 68.2 Å². The highest BCUT2D eigenvalue weighted by Crippen LogP contribution is 2.27. The molecule has 150 valence electrons. The zero-order chi connectivity index (χ0) is 20.5. The average molecular weight is 391 g/mol. The van der Waals surface area contributed by atoms with Gasteiger partial charge >= 0.3 is 6.03 Å². The van der Waals surface area contributed by atoms with Crippen molar-refractivity contribution in [1.29, 1.82) is 0 Å². The number of aryl methyl sites for hydroxylation is 2. The van der Waals surface area contributed by atoms with Crippen LogP contribution >= 0.6 is 0 Å². The van der Waals surface area contributed by atoms with E-state index in [9.17, 15) is 14.4 Å². The number of carbonyl (C=O) groups excluding carboxylic acids is 3. The number of barbiturate groups is 1. The normalized spacial score (nSPS) is 19.7. The number of benzene rings is 1. The topological polar surface area (TPSA) is 71.4 Å². The minimum absolute atomic E-state index is 0.000966. The number of imide groups is 2. The number of aromatic nitrogens is 1. The molecule has 1 aliphatic heterocycles. The third-order valence-corrected chi connectivity index (χ3v) is 5.91. The number of amides is 4. The lowest BCUT2D eigenvalue weighted by atomic mass is 9.93. The molecule has 2 heterocycles. The Balaban J connectivity index is 1.69. The number of urea groups is 1. The first-order valence-electron chi connectivity index (χ1n) is 10.1. The van der Waals surface area contributed by atoms with Crippen LogP contribution in [0.1, 0.15) is 48.9 Å². The Morgan fingerprint density at radius 1 is 1.00 bits per heavy atom. The van der Waals surface area contributed by atoms with E-state index in [-0.39, 0.29) is 11.6 Å². The molecule has 1 aliphatic carbocycles. The van der Waals surface area contributed by atoms with Crippen molar-refractivity contribution in [2.24, 2.45) is 0 Å². The molecule has 1 saturated carbocycles. The highest BCUT2D eigenvalue weighted by Gasteiger charge is 2.40. The fourth-order valence-corrected chi connectivity index (χ4v) is 4.11.